The average molecular weight is 560 g/mol. The molecule has 0 bridgehead atoms. The molecule has 14 heteroatoms. The minimum absolute atomic E-state index is 0.0628. The molecular weight excluding hydrogens is 531 g/mol. The third-order valence-electron chi connectivity index (χ3n) is 4.87. The molecule has 0 radical (unpaired) electrons. The molecule has 9 nitrogen and oxygen atoms in total. The van der Waals surface area contributed by atoms with E-state index in [4.69, 9.17) is 12.2 Å². The number of nitrogens with one attached hydrogen (secondary N) is 4. The van der Waals surface area contributed by atoms with Crippen LogP contribution in [0.2, 0.25) is 0 Å². The van der Waals surface area contributed by atoms with Gasteiger partial charge in [0.25, 0.3) is 11.8 Å². The first-order valence-electron chi connectivity index (χ1n) is 11.3. The second-order valence-corrected chi connectivity index (χ2v) is 10.2. The molecule has 2 rings (SSSR count). The summed E-state index contributed by atoms with van der Waals surface area (Å²) in [6.45, 7) is 4.11. The van der Waals surface area contributed by atoms with Gasteiger partial charge in [-0.15, -0.1) is 0 Å². The van der Waals surface area contributed by atoms with E-state index in [9.17, 15) is 31.2 Å². The summed E-state index contributed by atoms with van der Waals surface area (Å²) in [7, 11) is -3.69. The number of alkyl halides is 3. The predicted molar refractivity (Wildman–Crippen MR) is 137 cm³/mol. The van der Waals surface area contributed by atoms with Crippen molar-refractivity contribution in [1.29, 1.82) is 0 Å². The van der Waals surface area contributed by atoms with Crippen LogP contribution in [0.4, 0.5) is 18.9 Å². The van der Waals surface area contributed by atoms with Crippen molar-refractivity contribution < 1.29 is 31.2 Å². The van der Waals surface area contributed by atoms with Gasteiger partial charge in [-0.3, -0.25) is 20.4 Å². The lowest BCUT2D eigenvalue weighted by molar-refractivity contribution is -0.137. The summed E-state index contributed by atoms with van der Waals surface area (Å²) in [5.74, 6) is -1.29. The van der Waals surface area contributed by atoms with Crippen LogP contribution in [0, 0.1) is 0 Å². The van der Waals surface area contributed by atoms with Crippen LogP contribution in [0.1, 0.15) is 42.6 Å². The van der Waals surface area contributed by atoms with Crippen molar-refractivity contribution in [1.82, 2.24) is 20.5 Å². The number of halogens is 3. The Balaban J connectivity index is 1.86. The summed E-state index contributed by atoms with van der Waals surface area (Å²) in [5.41, 5.74) is 3.88. The van der Waals surface area contributed by atoms with Crippen LogP contribution in [0.25, 0.3) is 0 Å². The number of hydrogen-bond acceptors (Lipinski definition) is 5. The minimum atomic E-state index is -4.52. The molecule has 37 heavy (non-hydrogen) atoms. The molecule has 2 aromatic carbocycles. The highest BCUT2D eigenvalue weighted by Crippen LogP contribution is 2.30. The van der Waals surface area contributed by atoms with Gasteiger partial charge in [-0.1, -0.05) is 19.9 Å². The topological polar surface area (TPSA) is 120 Å². The Hall–Kier alpha value is -3.23. The van der Waals surface area contributed by atoms with Gasteiger partial charge in [0, 0.05) is 24.3 Å². The van der Waals surface area contributed by atoms with Gasteiger partial charge in [0.1, 0.15) is 0 Å². The fourth-order valence-corrected chi connectivity index (χ4v) is 4.94. The number of thiocarbonyl (C=S) groups is 1. The highest BCUT2D eigenvalue weighted by Gasteiger charge is 2.30. The predicted octanol–water partition coefficient (Wildman–Crippen LogP) is 3.26. The minimum Gasteiger partial charge on any atom is -0.343 e. The normalized spacial score (nSPS) is 11.6. The zero-order valence-corrected chi connectivity index (χ0v) is 21.8. The summed E-state index contributed by atoms with van der Waals surface area (Å²) in [5, 5.41) is 4.72. The first kappa shape index (κ1) is 30.0. The number of hydrogen-bond donors (Lipinski definition) is 4. The molecule has 0 fully saturated rings. The van der Waals surface area contributed by atoms with Gasteiger partial charge < -0.3 is 10.6 Å². The molecule has 0 unspecified atom stereocenters. The smallest absolute Gasteiger partial charge is 0.343 e. The second-order valence-electron chi connectivity index (χ2n) is 7.82. The molecule has 0 saturated carbocycles. The SMILES string of the molecule is CCCN(CCC)S(=O)(=O)c1ccc(C(=O)NCC(=O)NNC(=S)Nc2cccc(C(F)(F)F)c2)cc1. The molecule has 0 atom stereocenters. The highest BCUT2D eigenvalue weighted by atomic mass is 32.2. The van der Waals surface area contributed by atoms with E-state index in [2.05, 4.69) is 21.5 Å². The van der Waals surface area contributed by atoms with E-state index in [-0.39, 0.29) is 21.3 Å². The van der Waals surface area contributed by atoms with E-state index in [1.807, 2.05) is 13.8 Å². The van der Waals surface area contributed by atoms with Crippen molar-refractivity contribution in [2.75, 3.05) is 25.0 Å². The summed E-state index contributed by atoms with van der Waals surface area (Å²) in [6.07, 6.45) is -3.18. The molecular formula is C23H28F3N5O4S2. The van der Waals surface area contributed by atoms with Crippen LogP contribution < -0.4 is 21.5 Å². The summed E-state index contributed by atoms with van der Waals surface area (Å²) < 4.78 is 65.4. The number of rotatable bonds is 10. The summed E-state index contributed by atoms with van der Waals surface area (Å²) >= 11 is 4.94. The van der Waals surface area contributed by atoms with Crippen LogP contribution in [0.3, 0.4) is 0 Å². The Morgan fingerprint density at radius 1 is 0.973 bits per heavy atom. The van der Waals surface area contributed by atoms with E-state index in [0.29, 0.717) is 25.9 Å². The third kappa shape index (κ3) is 8.98. The monoisotopic (exact) mass is 559 g/mol. The highest BCUT2D eigenvalue weighted by molar-refractivity contribution is 7.89. The van der Waals surface area contributed by atoms with Crippen molar-refractivity contribution in [2.45, 2.75) is 37.8 Å². The van der Waals surface area contributed by atoms with E-state index < -0.39 is 40.1 Å². The number of amides is 2. The van der Waals surface area contributed by atoms with E-state index in [0.717, 1.165) is 12.1 Å². The van der Waals surface area contributed by atoms with Crippen LogP contribution >= 0.6 is 12.2 Å². The van der Waals surface area contributed by atoms with Gasteiger partial charge in [0.2, 0.25) is 10.0 Å². The zero-order valence-electron chi connectivity index (χ0n) is 20.2. The number of nitrogens with zero attached hydrogens (tertiary/aromatic N) is 1. The molecule has 202 valence electrons. The Labute approximate surface area is 218 Å². The van der Waals surface area contributed by atoms with Crippen molar-refractivity contribution in [2.24, 2.45) is 0 Å². The van der Waals surface area contributed by atoms with Gasteiger partial charge in [-0.2, -0.15) is 17.5 Å². The summed E-state index contributed by atoms with van der Waals surface area (Å²) in [6, 6.07) is 9.71. The van der Waals surface area contributed by atoms with E-state index in [1.165, 1.54) is 40.7 Å². The Bertz CT molecular complexity index is 1200. The molecule has 0 heterocycles. The lowest BCUT2D eigenvalue weighted by atomic mass is 10.2. The Kier molecular flexibility index (Phi) is 10.8. The van der Waals surface area contributed by atoms with E-state index >= 15 is 0 Å². The molecule has 0 aliphatic rings. The second kappa shape index (κ2) is 13.4. The van der Waals surface area contributed by atoms with Crippen LogP contribution in [-0.2, 0) is 21.0 Å². The maximum Gasteiger partial charge on any atom is 0.416 e. The lowest BCUT2D eigenvalue weighted by Crippen LogP contribution is -2.47. The average Bonchev–Trinajstić information content (AvgIpc) is 2.85. The quantitative estimate of drug-likeness (QED) is 0.261. The molecule has 2 aromatic rings. The first-order valence-corrected chi connectivity index (χ1v) is 13.1. The van der Waals surface area contributed by atoms with Crippen molar-refractivity contribution in [3.8, 4) is 0 Å². The fourth-order valence-electron chi connectivity index (χ4n) is 3.15. The van der Waals surface area contributed by atoms with E-state index in [1.54, 1.807) is 0 Å². The van der Waals surface area contributed by atoms with Crippen LogP contribution in [0.5, 0.6) is 0 Å². The zero-order chi connectivity index (χ0) is 27.6. The Morgan fingerprint density at radius 2 is 1.59 bits per heavy atom. The molecule has 0 saturated heterocycles. The van der Waals surface area contributed by atoms with Crippen LogP contribution in [-0.4, -0.2) is 49.3 Å². The van der Waals surface area contributed by atoms with Crippen molar-refractivity contribution in [3.05, 3.63) is 59.7 Å². The van der Waals surface area contributed by atoms with Gasteiger partial charge in [0.15, 0.2) is 5.11 Å². The van der Waals surface area contributed by atoms with Gasteiger partial charge in [-0.25, -0.2) is 8.42 Å². The first-order chi connectivity index (χ1) is 17.4. The molecule has 0 aliphatic heterocycles. The number of carbonyl (C=O) groups excluding carboxylic acids is 2. The van der Waals surface area contributed by atoms with Gasteiger partial charge >= 0.3 is 6.18 Å². The largest absolute Gasteiger partial charge is 0.416 e. The fraction of sp³-hybridized carbons (Fsp3) is 0.348. The molecule has 0 aromatic heterocycles. The lowest BCUT2D eigenvalue weighted by Gasteiger charge is -2.21. The standard InChI is InChI=1S/C23H28F3N5O4S2/c1-3-12-31(13-4-2)37(34,35)19-10-8-16(9-11-19)21(33)27-15-20(32)29-30-22(36)28-18-7-5-6-17(14-18)23(24,25)26/h5-11,14H,3-4,12-13,15H2,1-2H3,(H,27,33)(H,29,32)(H2,28,30,36). The number of anilines is 1. The summed E-state index contributed by atoms with van der Waals surface area (Å²) in [4.78, 5) is 24.4. The van der Waals surface area contributed by atoms with Gasteiger partial charge in [0.05, 0.1) is 17.0 Å². The van der Waals surface area contributed by atoms with Crippen molar-refractivity contribution >= 4 is 44.9 Å². The number of hydrazine groups is 1. The number of benzene rings is 2. The number of carbonyl (C=O) groups is 2. The Morgan fingerprint density at radius 3 is 2.16 bits per heavy atom. The molecule has 4 N–H and O–H groups in total. The third-order valence-corrected chi connectivity index (χ3v) is 6.99. The van der Waals surface area contributed by atoms with Gasteiger partial charge in [-0.05, 0) is 67.5 Å². The maximum atomic E-state index is 12.8. The maximum absolute atomic E-state index is 12.8. The molecule has 0 aliphatic carbocycles. The molecule has 0 spiro atoms. The van der Waals surface area contributed by atoms with Crippen molar-refractivity contribution in [3.63, 3.8) is 0 Å². The van der Waals surface area contributed by atoms with Crippen LogP contribution in [0.15, 0.2) is 53.4 Å². The molecule has 2 amide bonds. The number of sulfonamides is 1.